The van der Waals surface area contributed by atoms with Crippen molar-refractivity contribution in [3.8, 4) is 0 Å². The topological polar surface area (TPSA) is 327 Å². The second kappa shape index (κ2) is 15.5. The summed E-state index contributed by atoms with van der Waals surface area (Å²) >= 11 is 0. The van der Waals surface area contributed by atoms with Gasteiger partial charge in [-0.3, -0.25) is 0 Å². The van der Waals surface area contributed by atoms with Gasteiger partial charge in [-0.05, 0) is 12.8 Å². The van der Waals surface area contributed by atoms with Crippen molar-refractivity contribution in [1.29, 1.82) is 0 Å². The zero-order valence-corrected chi connectivity index (χ0v) is 24.7. The van der Waals surface area contributed by atoms with Crippen LogP contribution in [0.4, 0.5) is 0 Å². The molecule has 4 rings (SSSR count). The van der Waals surface area contributed by atoms with Crippen molar-refractivity contribution in [1.82, 2.24) is 0 Å². The van der Waals surface area contributed by atoms with E-state index in [1.807, 2.05) is 6.92 Å². The van der Waals surface area contributed by atoms with Gasteiger partial charge in [-0.2, -0.15) is 0 Å². The summed E-state index contributed by atoms with van der Waals surface area (Å²) in [6, 6.07) is -3.93. The van der Waals surface area contributed by atoms with Gasteiger partial charge in [0.15, 0.2) is 18.9 Å². The van der Waals surface area contributed by atoms with Gasteiger partial charge in [-0.25, -0.2) is 0 Å². The standard InChI is InChI=1S/C26H51N5O13/c1-2-3-8-12(6-32)40-24(14(30)16(8)34)42-21-10(29)4-9(28)17(35)23(21)44-26-20(38)22(13(7-33)41-26)43-25-15(31)19(37)18(36)11(5-27)39-25/h8-26,32-38H,2-7,27-31H2,1H3/t8-,9-,10+,11+,12-,13-,14-,15-,16+,17+,18-,19-,20-,21-,22-,23-,24-,25-,26+/m1/s1. The maximum atomic E-state index is 11.2. The summed E-state index contributed by atoms with van der Waals surface area (Å²) in [7, 11) is 0. The van der Waals surface area contributed by atoms with Crippen LogP contribution >= 0.6 is 0 Å². The summed E-state index contributed by atoms with van der Waals surface area (Å²) in [5.74, 6) is -0.425. The average molecular weight is 642 g/mol. The fourth-order valence-corrected chi connectivity index (χ4v) is 6.49. The third kappa shape index (κ3) is 7.23. The Kier molecular flexibility index (Phi) is 12.7. The second-order valence-electron chi connectivity index (χ2n) is 12.2. The first-order valence-electron chi connectivity index (χ1n) is 15.2. The molecule has 0 unspecified atom stereocenters. The molecular weight excluding hydrogens is 590 g/mol. The largest absolute Gasteiger partial charge is 0.394 e. The lowest BCUT2D eigenvalue weighted by molar-refractivity contribution is -0.306. The van der Waals surface area contributed by atoms with Crippen molar-refractivity contribution in [3.63, 3.8) is 0 Å². The van der Waals surface area contributed by atoms with Crippen LogP contribution in [-0.4, -0.2) is 166 Å². The molecule has 0 spiro atoms. The number of ether oxygens (including phenoxy) is 6. The zero-order chi connectivity index (χ0) is 32.5. The lowest BCUT2D eigenvalue weighted by Gasteiger charge is -2.48. The molecule has 0 aromatic carbocycles. The van der Waals surface area contributed by atoms with E-state index in [9.17, 15) is 35.7 Å². The van der Waals surface area contributed by atoms with Gasteiger partial charge >= 0.3 is 0 Å². The van der Waals surface area contributed by atoms with Gasteiger partial charge < -0.3 is 92.8 Å². The quantitative estimate of drug-likeness (QED) is 0.0996. The fourth-order valence-electron chi connectivity index (χ4n) is 6.49. The van der Waals surface area contributed by atoms with Crippen LogP contribution in [0.25, 0.3) is 0 Å². The van der Waals surface area contributed by atoms with E-state index >= 15 is 0 Å². The number of hydrogen-bond donors (Lipinski definition) is 12. The number of hydrogen-bond acceptors (Lipinski definition) is 18. The summed E-state index contributed by atoms with van der Waals surface area (Å²) in [4.78, 5) is 0. The minimum atomic E-state index is -1.59. The highest BCUT2D eigenvalue weighted by Crippen LogP contribution is 2.35. The van der Waals surface area contributed by atoms with Gasteiger partial charge in [0.2, 0.25) is 0 Å². The molecule has 3 heterocycles. The molecule has 18 nitrogen and oxygen atoms in total. The molecule has 3 aliphatic heterocycles. The molecule has 1 aliphatic carbocycles. The number of aliphatic hydroxyl groups excluding tert-OH is 7. The Labute approximate surface area is 255 Å². The minimum Gasteiger partial charge on any atom is -0.394 e. The normalized spacial score (nSPS) is 51.9. The van der Waals surface area contributed by atoms with Gasteiger partial charge in [0.1, 0.15) is 48.8 Å². The van der Waals surface area contributed by atoms with E-state index in [4.69, 9.17) is 57.1 Å². The summed E-state index contributed by atoms with van der Waals surface area (Å²) in [6.45, 7) is 0.752. The number of nitrogens with two attached hydrogens (primary N) is 5. The zero-order valence-electron chi connectivity index (χ0n) is 24.7. The van der Waals surface area contributed by atoms with Crippen molar-refractivity contribution in [3.05, 3.63) is 0 Å². The van der Waals surface area contributed by atoms with Crippen molar-refractivity contribution in [2.24, 2.45) is 34.6 Å². The molecule has 4 aliphatic rings. The van der Waals surface area contributed by atoms with E-state index in [1.54, 1.807) is 0 Å². The van der Waals surface area contributed by atoms with Crippen LogP contribution in [0, 0.1) is 5.92 Å². The first-order valence-corrected chi connectivity index (χ1v) is 15.2. The van der Waals surface area contributed by atoms with Crippen molar-refractivity contribution < 1.29 is 64.2 Å². The Morgan fingerprint density at radius 3 is 1.75 bits per heavy atom. The molecule has 1 saturated carbocycles. The van der Waals surface area contributed by atoms with Crippen LogP contribution in [0.1, 0.15) is 26.2 Å². The van der Waals surface area contributed by atoms with Crippen molar-refractivity contribution in [2.45, 2.75) is 136 Å². The lowest BCUT2D eigenvalue weighted by atomic mass is 9.83. The molecule has 19 atom stereocenters. The molecule has 4 fully saturated rings. The summed E-state index contributed by atoms with van der Waals surface area (Å²) in [5, 5.41) is 73.5. The van der Waals surface area contributed by atoms with E-state index in [0.29, 0.717) is 6.42 Å². The van der Waals surface area contributed by atoms with Gasteiger partial charge in [0.25, 0.3) is 0 Å². The molecule has 0 radical (unpaired) electrons. The highest BCUT2D eigenvalue weighted by molar-refractivity contribution is 5.02. The Morgan fingerprint density at radius 1 is 0.614 bits per heavy atom. The fraction of sp³-hybridized carbons (Fsp3) is 1.00. The van der Waals surface area contributed by atoms with Gasteiger partial charge in [-0.1, -0.05) is 13.3 Å². The Balaban J connectivity index is 1.49. The lowest BCUT2D eigenvalue weighted by Crippen LogP contribution is -2.67. The van der Waals surface area contributed by atoms with Gasteiger partial charge in [-0.15, -0.1) is 0 Å². The molecule has 0 bridgehead atoms. The third-order valence-corrected chi connectivity index (χ3v) is 9.13. The van der Waals surface area contributed by atoms with Crippen LogP contribution in [-0.2, 0) is 28.4 Å². The Bertz CT molecular complexity index is 897. The van der Waals surface area contributed by atoms with Crippen LogP contribution in [0.5, 0.6) is 0 Å². The maximum absolute atomic E-state index is 11.2. The van der Waals surface area contributed by atoms with E-state index in [2.05, 4.69) is 0 Å². The predicted molar refractivity (Wildman–Crippen MR) is 149 cm³/mol. The molecule has 0 aromatic rings. The van der Waals surface area contributed by atoms with Gasteiger partial charge in [0, 0.05) is 24.5 Å². The highest BCUT2D eigenvalue weighted by Gasteiger charge is 2.54. The Hall–Kier alpha value is -0.720. The number of rotatable bonds is 11. The summed E-state index contributed by atoms with van der Waals surface area (Å²) in [5.41, 5.74) is 30.4. The molecule has 17 N–H and O–H groups in total. The SMILES string of the molecule is CCC[C@H]1[C@H](O)[C@@H](N)[C@@H](O[C@H]2[C@H](O[C@@H]3O[C@H](CO)[C@@H](O[C@H]4O[C@@H](CN)[C@@H](O)[C@H](O)[C@H]4N)[C@H]3O)[C@@H](O)[C@H](N)C[C@@H]2N)O[C@@H]1CO. The van der Waals surface area contributed by atoms with E-state index < -0.39 is 123 Å². The average Bonchev–Trinajstić information content (AvgIpc) is 3.30. The molecular formula is C26H51N5O13. The molecule has 18 heteroatoms. The van der Waals surface area contributed by atoms with E-state index in [-0.39, 0.29) is 19.6 Å². The van der Waals surface area contributed by atoms with Crippen molar-refractivity contribution in [2.75, 3.05) is 19.8 Å². The summed E-state index contributed by atoms with van der Waals surface area (Å²) < 4.78 is 35.2. The summed E-state index contributed by atoms with van der Waals surface area (Å²) in [6.07, 6.45) is -16.2. The van der Waals surface area contributed by atoms with Crippen LogP contribution in [0.3, 0.4) is 0 Å². The monoisotopic (exact) mass is 641 g/mol. The molecule has 0 amide bonds. The smallest absolute Gasteiger partial charge is 0.187 e. The molecule has 0 aromatic heterocycles. The minimum absolute atomic E-state index is 0.116. The first kappa shape index (κ1) is 36.1. The molecule has 258 valence electrons. The maximum Gasteiger partial charge on any atom is 0.187 e. The number of aliphatic hydroxyl groups is 7. The first-order chi connectivity index (χ1) is 20.9. The Morgan fingerprint density at radius 2 is 1.16 bits per heavy atom. The van der Waals surface area contributed by atoms with Crippen LogP contribution < -0.4 is 28.7 Å². The van der Waals surface area contributed by atoms with Gasteiger partial charge in [0.05, 0.1) is 43.6 Å². The van der Waals surface area contributed by atoms with Crippen molar-refractivity contribution >= 4 is 0 Å². The highest BCUT2D eigenvalue weighted by atomic mass is 16.8. The van der Waals surface area contributed by atoms with E-state index in [0.717, 1.165) is 6.42 Å². The molecule has 3 saturated heterocycles. The molecule has 44 heavy (non-hydrogen) atoms. The predicted octanol–water partition coefficient (Wildman–Crippen LogP) is -6.81. The van der Waals surface area contributed by atoms with Crippen LogP contribution in [0.15, 0.2) is 0 Å². The second-order valence-corrected chi connectivity index (χ2v) is 12.2. The third-order valence-electron chi connectivity index (χ3n) is 9.13. The van der Waals surface area contributed by atoms with Crippen LogP contribution in [0.2, 0.25) is 0 Å². The van der Waals surface area contributed by atoms with E-state index in [1.165, 1.54) is 0 Å².